The standard InChI is InChI=1S/C14H24O/c1-10-6-7-11(2)14(4,5)13(10)9-8-12(3)15/h8-9,11-13,15H,1,6-7H2,2-5H3/b9-8+/t11-,12+,13-/m1/s1. The van der Waals surface area contributed by atoms with Gasteiger partial charge in [-0.3, -0.25) is 0 Å². The number of hydrogen-bond donors (Lipinski definition) is 1. The molecular formula is C14H24O. The molecule has 0 unspecified atom stereocenters. The lowest BCUT2D eigenvalue weighted by molar-refractivity contribution is 0.140. The second kappa shape index (κ2) is 4.52. The molecule has 0 amide bonds. The van der Waals surface area contributed by atoms with Gasteiger partial charge in [-0.2, -0.15) is 0 Å². The molecule has 1 rings (SSSR count). The van der Waals surface area contributed by atoms with E-state index in [-0.39, 0.29) is 11.5 Å². The van der Waals surface area contributed by atoms with E-state index in [0.717, 1.165) is 6.42 Å². The maximum absolute atomic E-state index is 9.29. The maximum atomic E-state index is 9.29. The molecule has 0 radical (unpaired) electrons. The summed E-state index contributed by atoms with van der Waals surface area (Å²) in [6, 6.07) is 0. The molecule has 1 aliphatic rings. The molecule has 0 bridgehead atoms. The van der Waals surface area contributed by atoms with Crippen molar-refractivity contribution in [1.29, 1.82) is 0 Å². The Kier molecular flexibility index (Phi) is 3.77. The Morgan fingerprint density at radius 3 is 2.67 bits per heavy atom. The van der Waals surface area contributed by atoms with Crippen LogP contribution in [0.25, 0.3) is 0 Å². The molecule has 0 spiro atoms. The Bertz CT molecular complexity index is 261. The molecule has 0 aromatic heterocycles. The second-order valence-electron chi connectivity index (χ2n) is 5.52. The molecule has 1 nitrogen and oxygen atoms in total. The fourth-order valence-electron chi connectivity index (χ4n) is 2.42. The van der Waals surface area contributed by atoms with Crippen LogP contribution in [0.1, 0.15) is 40.5 Å². The highest BCUT2D eigenvalue weighted by molar-refractivity contribution is 5.18. The highest BCUT2D eigenvalue weighted by Crippen LogP contribution is 2.47. The number of aliphatic hydroxyl groups excluding tert-OH is 1. The minimum atomic E-state index is -0.356. The van der Waals surface area contributed by atoms with Gasteiger partial charge in [0.2, 0.25) is 0 Å². The predicted molar refractivity (Wildman–Crippen MR) is 65.6 cm³/mol. The summed E-state index contributed by atoms with van der Waals surface area (Å²) in [6.45, 7) is 12.9. The summed E-state index contributed by atoms with van der Waals surface area (Å²) in [7, 11) is 0. The summed E-state index contributed by atoms with van der Waals surface area (Å²) in [5, 5.41) is 9.29. The van der Waals surface area contributed by atoms with Crippen molar-refractivity contribution in [3.63, 3.8) is 0 Å². The van der Waals surface area contributed by atoms with E-state index in [0.29, 0.717) is 11.8 Å². The first-order valence-corrected chi connectivity index (χ1v) is 5.89. The summed E-state index contributed by atoms with van der Waals surface area (Å²) in [5.41, 5.74) is 1.58. The van der Waals surface area contributed by atoms with Gasteiger partial charge in [-0.15, -0.1) is 0 Å². The Morgan fingerprint density at radius 1 is 1.53 bits per heavy atom. The first-order valence-electron chi connectivity index (χ1n) is 5.89. The topological polar surface area (TPSA) is 20.2 Å². The van der Waals surface area contributed by atoms with Gasteiger partial charge >= 0.3 is 0 Å². The van der Waals surface area contributed by atoms with E-state index < -0.39 is 0 Å². The van der Waals surface area contributed by atoms with E-state index in [4.69, 9.17) is 0 Å². The van der Waals surface area contributed by atoms with Crippen LogP contribution in [0.5, 0.6) is 0 Å². The van der Waals surface area contributed by atoms with Gasteiger partial charge in [0.05, 0.1) is 6.10 Å². The van der Waals surface area contributed by atoms with Gasteiger partial charge in [0.15, 0.2) is 0 Å². The lowest BCUT2D eigenvalue weighted by Gasteiger charge is -2.44. The van der Waals surface area contributed by atoms with E-state index in [2.05, 4.69) is 33.4 Å². The normalized spacial score (nSPS) is 33.3. The fourth-order valence-corrected chi connectivity index (χ4v) is 2.42. The zero-order valence-corrected chi connectivity index (χ0v) is 10.5. The molecule has 1 aliphatic carbocycles. The van der Waals surface area contributed by atoms with E-state index in [1.165, 1.54) is 12.0 Å². The fraction of sp³-hybridized carbons (Fsp3) is 0.714. The number of allylic oxidation sites excluding steroid dienone is 2. The van der Waals surface area contributed by atoms with Gasteiger partial charge in [-0.1, -0.05) is 45.1 Å². The van der Waals surface area contributed by atoms with Crippen LogP contribution in [-0.2, 0) is 0 Å². The molecule has 1 fully saturated rings. The van der Waals surface area contributed by atoms with Crippen molar-refractivity contribution in [2.45, 2.75) is 46.6 Å². The predicted octanol–water partition coefficient (Wildman–Crippen LogP) is 3.55. The van der Waals surface area contributed by atoms with Crippen molar-refractivity contribution in [3.05, 3.63) is 24.3 Å². The molecule has 15 heavy (non-hydrogen) atoms. The van der Waals surface area contributed by atoms with Gasteiger partial charge in [0, 0.05) is 5.92 Å². The average molecular weight is 208 g/mol. The summed E-state index contributed by atoms with van der Waals surface area (Å²) >= 11 is 0. The number of hydrogen-bond acceptors (Lipinski definition) is 1. The molecule has 3 atom stereocenters. The van der Waals surface area contributed by atoms with Crippen LogP contribution in [0, 0.1) is 17.3 Å². The highest BCUT2D eigenvalue weighted by atomic mass is 16.3. The SMILES string of the molecule is C=C1CC[C@@H](C)C(C)(C)[C@@H]1/C=C/[C@H](C)O. The highest BCUT2D eigenvalue weighted by Gasteiger charge is 2.38. The molecule has 86 valence electrons. The van der Waals surface area contributed by atoms with Crippen molar-refractivity contribution in [1.82, 2.24) is 0 Å². The minimum absolute atomic E-state index is 0.265. The molecule has 1 N–H and O–H groups in total. The summed E-state index contributed by atoms with van der Waals surface area (Å²) in [6.07, 6.45) is 6.04. The minimum Gasteiger partial charge on any atom is -0.389 e. The van der Waals surface area contributed by atoms with Crippen LogP contribution in [0.4, 0.5) is 0 Å². The third-order valence-electron chi connectivity index (χ3n) is 3.99. The molecule has 0 aromatic rings. The summed E-state index contributed by atoms with van der Waals surface area (Å²) in [5.74, 6) is 1.13. The van der Waals surface area contributed by atoms with Gasteiger partial charge < -0.3 is 5.11 Å². The van der Waals surface area contributed by atoms with Gasteiger partial charge in [-0.25, -0.2) is 0 Å². The lowest BCUT2D eigenvalue weighted by atomic mass is 9.61. The van der Waals surface area contributed by atoms with E-state index in [1.807, 2.05) is 6.08 Å². The Hall–Kier alpha value is -0.560. The molecule has 1 heteroatoms. The quantitative estimate of drug-likeness (QED) is 0.688. The van der Waals surface area contributed by atoms with Crippen LogP contribution in [0.15, 0.2) is 24.3 Å². The number of aliphatic hydroxyl groups is 1. The van der Waals surface area contributed by atoms with Gasteiger partial charge in [0.25, 0.3) is 0 Å². The van der Waals surface area contributed by atoms with Crippen LogP contribution in [0.3, 0.4) is 0 Å². The van der Waals surface area contributed by atoms with Crippen molar-refractivity contribution >= 4 is 0 Å². The van der Waals surface area contributed by atoms with Crippen LogP contribution in [0.2, 0.25) is 0 Å². The zero-order valence-electron chi connectivity index (χ0n) is 10.5. The zero-order chi connectivity index (χ0) is 11.6. The largest absolute Gasteiger partial charge is 0.389 e. The van der Waals surface area contributed by atoms with Gasteiger partial charge in [-0.05, 0) is 31.1 Å². The summed E-state index contributed by atoms with van der Waals surface area (Å²) in [4.78, 5) is 0. The van der Waals surface area contributed by atoms with Crippen molar-refractivity contribution in [2.75, 3.05) is 0 Å². The van der Waals surface area contributed by atoms with Crippen molar-refractivity contribution in [3.8, 4) is 0 Å². The third-order valence-corrected chi connectivity index (χ3v) is 3.99. The monoisotopic (exact) mass is 208 g/mol. The van der Waals surface area contributed by atoms with E-state index >= 15 is 0 Å². The van der Waals surface area contributed by atoms with Crippen LogP contribution < -0.4 is 0 Å². The average Bonchev–Trinajstić information content (AvgIpc) is 2.11. The van der Waals surface area contributed by atoms with E-state index in [1.54, 1.807) is 6.92 Å². The van der Waals surface area contributed by atoms with Gasteiger partial charge in [0.1, 0.15) is 0 Å². The molecule has 0 heterocycles. The maximum Gasteiger partial charge on any atom is 0.0692 e. The molecule has 1 saturated carbocycles. The Morgan fingerprint density at radius 2 is 2.13 bits per heavy atom. The van der Waals surface area contributed by atoms with Crippen molar-refractivity contribution in [2.24, 2.45) is 17.3 Å². The summed E-state index contributed by atoms with van der Waals surface area (Å²) < 4.78 is 0. The number of rotatable bonds is 2. The molecule has 0 aliphatic heterocycles. The molecule has 0 aromatic carbocycles. The van der Waals surface area contributed by atoms with Crippen LogP contribution in [-0.4, -0.2) is 11.2 Å². The van der Waals surface area contributed by atoms with Crippen molar-refractivity contribution < 1.29 is 5.11 Å². The molecule has 0 saturated heterocycles. The Balaban J connectivity index is 2.86. The van der Waals surface area contributed by atoms with Crippen LogP contribution >= 0.6 is 0 Å². The third kappa shape index (κ3) is 2.72. The first kappa shape index (κ1) is 12.5. The second-order valence-corrected chi connectivity index (χ2v) is 5.52. The first-order chi connectivity index (χ1) is 6.85. The van der Waals surface area contributed by atoms with E-state index in [9.17, 15) is 5.11 Å². The smallest absolute Gasteiger partial charge is 0.0692 e. The Labute approximate surface area is 93.9 Å². The molecular weight excluding hydrogens is 184 g/mol. The lowest BCUT2D eigenvalue weighted by Crippen LogP contribution is -2.35.